The molecular weight excluding hydrogens is 318 g/mol. The second-order valence-electron chi connectivity index (χ2n) is 8.39. The largest absolute Gasteiger partial charge is 0.346 e. The van der Waals surface area contributed by atoms with Crippen LogP contribution in [0, 0.1) is 11.8 Å². The standard InChI is InChI=1S/C23H35N3/c1-17(2)19(4)10-9-18(3)11-14-24-23-25-15-12-22-21-8-6-5-7-20(21)13-16-26(22)23/h5-8,17-18,22H,4,9-16H2,1-3H3,(H,24,25)/p+1/t18-,22?/m1/s1. The minimum Gasteiger partial charge on any atom is -0.278 e. The van der Waals surface area contributed by atoms with E-state index < -0.39 is 0 Å². The summed E-state index contributed by atoms with van der Waals surface area (Å²) < 4.78 is 2.55. The maximum atomic E-state index is 4.21. The van der Waals surface area contributed by atoms with Crippen molar-refractivity contribution < 1.29 is 4.58 Å². The maximum absolute atomic E-state index is 4.21. The molecule has 3 heteroatoms. The lowest BCUT2D eigenvalue weighted by Gasteiger charge is -2.32. The number of nitrogens with zero attached hydrogens (tertiary/aromatic N) is 1. The summed E-state index contributed by atoms with van der Waals surface area (Å²) in [5, 5.41) is 7.31. The molecule has 0 aliphatic carbocycles. The molecule has 3 nitrogen and oxygen atoms in total. The molecule has 0 saturated carbocycles. The van der Waals surface area contributed by atoms with E-state index in [1.54, 1.807) is 0 Å². The topological polar surface area (TPSA) is 27.1 Å². The molecule has 26 heavy (non-hydrogen) atoms. The Bertz CT molecular complexity index is 659. The van der Waals surface area contributed by atoms with Crippen molar-refractivity contribution in [3.05, 3.63) is 47.5 Å². The Morgan fingerprint density at radius 3 is 2.88 bits per heavy atom. The molecule has 3 rings (SSSR count). The summed E-state index contributed by atoms with van der Waals surface area (Å²) >= 11 is 0. The number of allylic oxidation sites excluding steroid dienone is 1. The van der Waals surface area contributed by atoms with Crippen LogP contribution in [0.3, 0.4) is 0 Å². The van der Waals surface area contributed by atoms with E-state index in [4.69, 9.17) is 0 Å². The summed E-state index contributed by atoms with van der Waals surface area (Å²) in [5.41, 5.74) is 4.46. The smallest absolute Gasteiger partial charge is 0.278 e. The fourth-order valence-electron chi connectivity index (χ4n) is 4.13. The highest BCUT2D eigenvalue weighted by molar-refractivity contribution is 5.75. The quantitative estimate of drug-likeness (QED) is 0.566. The zero-order chi connectivity index (χ0) is 18.5. The summed E-state index contributed by atoms with van der Waals surface area (Å²) in [6.45, 7) is 14.3. The van der Waals surface area contributed by atoms with E-state index in [0.29, 0.717) is 12.0 Å². The molecule has 2 aliphatic rings. The average molecular weight is 355 g/mol. The van der Waals surface area contributed by atoms with Crippen molar-refractivity contribution in [2.45, 2.75) is 58.9 Å². The van der Waals surface area contributed by atoms with Gasteiger partial charge in [-0.1, -0.05) is 57.2 Å². The molecule has 1 aromatic rings. The van der Waals surface area contributed by atoms with Gasteiger partial charge in [-0.3, -0.25) is 15.2 Å². The van der Waals surface area contributed by atoms with Crippen LogP contribution in [0.5, 0.6) is 0 Å². The van der Waals surface area contributed by atoms with Gasteiger partial charge in [0.05, 0.1) is 19.6 Å². The Hall–Kier alpha value is -1.77. The molecule has 0 amide bonds. The minimum absolute atomic E-state index is 0.537. The van der Waals surface area contributed by atoms with Crippen LogP contribution < -0.4 is 10.6 Å². The van der Waals surface area contributed by atoms with Gasteiger partial charge >= 0.3 is 5.96 Å². The van der Waals surface area contributed by atoms with Gasteiger partial charge in [0.25, 0.3) is 0 Å². The van der Waals surface area contributed by atoms with Crippen LogP contribution in [0.1, 0.15) is 63.6 Å². The van der Waals surface area contributed by atoms with Gasteiger partial charge < -0.3 is 0 Å². The van der Waals surface area contributed by atoms with Gasteiger partial charge in [0.1, 0.15) is 6.04 Å². The number of hydrogen-bond donors (Lipinski definition) is 2. The molecule has 0 saturated heterocycles. The summed E-state index contributed by atoms with van der Waals surface area (Å²) in [4.78, 5) is 0. The average Bonchev–Trinajstić information content (AvgIpc) is 2.66. The van der Waals surface area contributed by atoms with Crippen molar-refractivity contribution in [3.63, 3.8) is 0 Å². The van der Waals surface area contributed by atoms with Gasteiger partial charge in [-0.2, -0.15) is 0 Å². The van der Waals surface area contributed by atoms with E-state index >= 15 is 0 Å². The summed E-state index contributed by atoms with van der Waals surface area (Å²) in [7, 11) is 0. The number of rotatable bonds is 7. The van der Waals surface area contributed by atoms with E-state index in [2.05, 4.69) is 66.8 Å². The van der Waals surface area contributed by atoms with Crippen molar-refractivity contribution in [3.8, 4) is 0 Å². The molecule has 0 spiro atoms. The highest BCUT2D eigenvalue weighted by atomic mass is 15.3. The molecule has 142 valence electrons. The second-order valence-corrected chi connectivity index (χ2v) is 8.39. The lowest BCUT2D eigenvalue weighted by atomic mass is 9.91. The van der Waals surface area contributed by atoms with Crippen molar-refractivity contribution in [1.82, 2.24) is 10.6 Å². The molecule has 2 aliphatic heterocycles. The third-order valence-corrected chi connectivity index (χ3v) is 6.11. The molecule has 1 unspecified atom stereocenters. The van der Waals surface area contributed by atoms with E-state index in [-0.39, 0.29) is 0 Å². The van der Waals surface area contributed by atoms with Crippen LogP contribution in [0.2, 0.25) is 0 Å². The molecule has 1 aromatic carbocycles. The predicted octanol–water partition coefficient (Wildman–Crippen LogP) is 4.25. The zero-order valence-corrected chi connectivity index (χ0v) is 16.9. The Labute approximate surface area is 159 Å². The molecule has 2 N–H and O–H groups in total. The van der Waals surface area contributed by atoms with Gasteiger partial charge in [-0.15, -0.1) is 0 Å². The third kappa shape index (κ3) is 4.49. The molecule has 0 aromatic heterocycles. The lowest BCUT2D eigenvalue weighted by molar-refractivity contribution is -0.584. The first-order chi connectivity index (χ1) is 12.6. The van der Waals surface area contributed by atoms with Crippen molar-refractivity contribution >= 4 is 5.96 Å². The summed E-state index contributed by atoms with van der Waals surface area (Å²) in [6.07, 6.45) is 5.97. The Morgan fingerprint density at radius 1 is 1.27 bits per heavy atom. The van der Waals surface area contributed by atoms with Crippen LogP contribution in [0.4, 0.5) is 0 Å². The van der Waals surface area contributed by atoms with Crippen LogP contribution in [0.15, 0.2) is 36.4 Å². The molecule has 0 fully saturated rings. The first-order valence-corrected chi connectivity index (χ1v) is 10.4. The third-order valence-electron chi connectivity index (χ3n) is 6.11. The highest BCUT2D eigenvalue weighted by Crippen LogP contribution is 2.30. The Kier molecular flexibility index (Phi) is 6.39. The first kappa shape index (κ1) is 19.0. The fraction of sp³-hybridized carbons (Fsp3) is 0.609. The summed E-state index contributed by atoms with van der Waals surface area (Å²) in [5.74, 6) is 2.59. The van der Waals surface area contributed by atoms with E-state index in [0.717, 1.165) is 32.0 Å². The van der Waals surface area contributed by atoms with Crippen molar-refractivity contribution in [2.24, 2.45) is 11.8 Å². The van der Waals surface area contributed by atoms with E-state index in [1.807, 2.05) is 0 Å². The number of nitrogens with one attached hydrogen (secondary N) is 2. The maximum Gasteiger partial charge on any atom is 0.346 e. The molecule has 2 atom stereocenters. The van der Waals surface area contributed by atoms with Gasteiger partial charge in [-0.05, 0) is 42.2 Å². The van der Waals surface area contributed by atoms with Crippen LogP contribution in [0.25, 0.3) is 0 Å². The zero-order valence-electron chi connectivity index (χ0n) is 16.9. The Morgan fingerprint density at radius 2 is 2.08 bits per heavy atom. The van der Waals surface area contributed by atoms with Gasteiger partial charge in [0, 0.05) is 12.8 Å². The van der Waals surface area contributed by atoms with Crippen LogP contribution in [-0.2, 0) is 6.42 Å². The van der Waals surface area contributed by atoms with Crippen molar-refractivity contribution in [2.75, 3.05) is 19.6 Å². The van der Waals surface area contributed by atoms with Gasteiger partial charge in [0.15, 0.2) is 0 Å². The van der Waals surface area contributed by atoms with Crippen LogP contribution in [-0.4, -0.2) is 30.2 Å². The first-order valence-electron chi connectivity index (χ1n) is 10.4. The lowest BCUT2D eigenvalue weighted by Crippen LogP contribution is -2.52. The number of guanidine groups is 1. The monoisotopic (exact) mass is 354 g/mol. The van der Waals surface area contributed by atoms with E-state index in [1.165, 1.54) is 48.3 Å². The van der Waals surface area contributed by atoms with Crippen molar-refractivity contribution in [1.29, 1.82) is 0 Å². The minimum atomic E-state index is 0.537. The van der Waals surface area contributed by atoms with Gasteiger partial charge in [-0.25, -0.2) is 0 Å². The predicted molar refractivity (Wildman–Crippen MR) is 111 cm³/mol. The van der Waals surface area contributed by atoms with E-state index in [9.17, 15) is 0 Å². The Balaban J connectivity index is 1.53. The van der Waals surface area contributed by atoms with Crippen LogP contribution >= 0.6 is 0 Å². The number of benzene rings is 1. The normalized spacial score (nSPS) is 20.2. The SMILES string of the molecule is C=C(CC[C@@H](C)CCNC1=[N+]2CCc3ccccc3C2CCN1)C(C)C. The number of hydrogen-bond acceptors (Lipinski definition) is 2. The second kappa shape index (κ2) is 8.75. The molecule has 0 radical (unpaired) electrons. The molecule has 2 heterocycles. The summed E-state index contributed by atoms with van der Waals surface area (Å²) in [6, 6.07) is 9.51. The fourth-order valence-corrected chi connectivity index (χ4v) is 4.13. The molecular formula is C23H36N3+. The van der Waals surface area contributed by atoms with Gasteiger partial charge in [0.2, 0.25) is 0 Å². The molecule has 0 bridgehead atoms. The number of fused-ring (bicyclic) bond motifs is 3. The highest BCUT2D eigenvalue weighted by Gasteiger charge is 2.32.